The first-order chi connectivity index (χ1) is 9.47. The molecule has 0 amide bonds. The second-order valence-electron chi connectivity index (χ2n) is 5.51. The molecule has 0 radical (unpaired) electrons. The molecule has 0 saturated carbocycles. The van der Waals surface area contributed by atoms with Gasteiger partial charge in [-0.3, -0.25) is 4.68 Å². The second-order valence-corrected chi connectivity index (χ2v) is 5.51. The number of hydrogen-bond donors (Lipinski definition) is 1. The molecule has 1 heterocycles. The average molecular weight is 272 g/mol. The summed E-state index contributed by atoms with van der Waals surface area (Å²) < 4.78 is 1.81. The summed E-state index contributed by atoms with van der Waals surface area (Å²) in [6.45, 7) is 6.90. The van der Waals surface area contributed by atoms with Gasteiger partial charge >= 0.3 is 5.97 Å². The van der Waals surface area contributed by atoms with Gasteiger partial charge < -0.3 is 5.11 Å². The first kappa shape index (κ1) is 14.3. The van der Waals surface area contributed by atoms with Crippen molar-refractivity contribution < 1.29 is 9.90 Å². The molecule has 0 aliphatic rings. The van der Waals surface area contributed by atoms with Crippen LogP contribution in [0.25, 0.3) is 0 Å². The molecule has 2 aromatic rings. The van der Waals surface area contributed by atoms with Gasteiger partial charge in [0.1, 0.15) is 0 Å². The fourth-order valence-corrected chi connectivity index (χ4v) is 2.23. The van der Waals surface area contributed by atoms with E-state index >= 15 is 0 Å². The van der Waals surface area contributed by atoms with Crippen LogP contribution in [0.15, 0.2) is 30.3 Å². The van der Waals surface area contributed by atoms with Crippen molar-refractivity contribution >= 4 is 5.97 Å². The van der Waals surface area contributed by atoms with E-state index in [9.17, 15) is 4.79 Å². The van der Waals surface area contributed by atoms with E-state index in [1.807, 2.05) is 16.8 Å². The summed E-state index contributed by atoms with van der Waals surface area (Å²) in [5.41, 5.74) is 3.45. The van der Waals surface area contributed by atoms with Crippen LogP contribution in [0, 0.1) is 12.8 Å². The molecule has 0 saturated heterocycles. The number of rotatable bonds is 5. The van der Waals surface area contributed by atoms with Crippen molar-refractivity contribution in [2.75, 3.05) is 0 Å². The van der Waals surface area contributed by atoms with Crippen LogP contribution in [-0.2, 0) is 13.0 Å². The first-order valence-electron chi connectivity index (χ1n) is 6.82. The maximum atomic E-state index is 11.1. The molecule has 0 unspecified atom stereocenters. The van der Waals surface area contributed by atoms with Gasteiger partial charge in [0, 0.05) is 5.69 Å². The number of aryl methyl sites for hydroxylation is 1. The zero-order valence-corrected chi connectivity index (χ0v) is 12.1. The van der Waals surface area contributed by atoms with E-state index < -0.39 is 5.97 Å². The van der Waals surface area contributed by atoms with E-state index in [0.29, 0.717) is 12.5 Å². The molecule has 106 valence electrons. The summed E-state index contributed by atoms with van der Waals surface area (Å²) in [4.78, 5) is 11.1. The van der Waals surface area contributed by atoms with Gasteiger partial charge in [0.2, 0.25) is 0 Å². The number of carboxylic acid groups (broad SMARTS) is 1. The molecule has 0 spiro atoms. The topological polar surface area (TPSA) is 55.1 Å². The molecule has 0 bridgehead atoms. The summed E-state index contributed by atoms with van der Waals surface area (Å²) >= 11 is 0. The van der Waals surface area contributed by atoms with Crippen LogP contribution in [0.5, 0.6) is 0 Å². The molecule has 1 aromatic carbocycles. The summed E-state index contributed by atoms with van der Waals surface area (Å²) in [5.74, 6) is -0.512. The number of nitrogens with zero attached hydrogens (tertiary/aromatic N) is 2. The molecule has 20 heavy (non-hydrogen) atoms. The van der Waals surface area contributed by atoms with Crippen LogP contribution < -0.4 is 0 Å². The zero-order valence-electron chi connectivity index (χ0n) is 12.1. The molecule has 0 fully saturated rings. The summed E-state index contributed by atoms with van der Waals surface area (Å²) in [5, 5.41) is 13.3. The van der Waals surface area contributed by atoms with Gasteiger partial charge in [-0.25, -0.2) is 4.79 Å². The highest BCUT2D eigenvalue weighted by Crippen LogP contribution is 2.15. The molecule has 4 heteroatoms. The largest absolute Gasteiger partial charge is 0.476 e. The van der Waals surface area contributed by atoms with Gasteiger partial charge in [0.25, 0.3) is 0 Å². The quantitative estimate of drug-likeness (QED) is 0.909. The van der Waals surface area contributed by atoms with Gasteiger partial charge in [-0.05, 0) is 36.5 Å². The lowest BCUT2D eigenvalue weighted by Crippen LogP contribution is -2.10. The highest BCUT2D eigenvalue weighted by molar-refractivity contribution is 5.85. The van der Waals surface area contributed by atoms with E-state index in [0.717, 1.165) is 17.7 Å². The zero-order chi connectivity index (χ0) is 14.7. The van der Waals surface area contributed by atoms with Gasteiger partial charge in [0.05, 0.1) is 6.54 Å². The maximum absolute atomic E-state index is 11.1. The monoisotopic (exact) mass is 272 g/mol. The van der Waals surface area contributed by atoms with Crippen molar-refractivity contribution in [2.45, 2.75) is 33.7 Å². The Kier molecular flexibility index (Phi) is 4.23. The van der Waals surface area contributed by atoms with Crippen molar-refractivity contribution in [3.63, 3.8) is 0 Å². The predicted molar refractivity (Wildman–Crippen MR) is 78.0 cm³/mol. The molecule has 4 nitrogen and oxygen atoms in total. The minimum atomic E-state index is -0.974. The predicted octanol–water partition coefficient (Wildman–Crippen LogP) is 3.14. The fraction of sp³-hybridized carbons (Fsp3) is 0.375. The Balaban J connectivity index is 2.34. The molecule has 0 aliphatic carbocycles. The van der Waals surface area contributed by atoms with Crippen LogP contribution in [0.1, 0.15) is 41.2 Å². The lowest BCUT2D eigenvalue weighted by atomic mass is 10.1. The van der Waals surface area contributed by atoms with E-state index in [1.165, 1.54) is 5.56 Å². The average Bonchev–Trinajstić information content (AvgIpc) is 2.75. The Bertz CT molecular complexity index is 615. The Morgan fingerprint density at radius 1 is 1.35 bits per heavy atom. The second kappa shape index (κ2) is 5.90. The minimum absolute atomic E-state index is 0.120. The van der Waals surface area contributed by atoms with E-state index in [-0.39, 0.29) is 5.69 Å². The van der Waals surface area contributed by atoms with Crippen molar-refractivity contribution in [2.24, 2.45) is 5.92 Å². The lowest BCUT2D eigenvalue weighted by molar-refractivity contribution is 0.0689. The highest BCUT2D eigenvalue weighted by Gasteiger charge is 2.14. The van der Waals surface area contributed by atoms with Crippen LogP contribution in [0.4, 0.5) is 0 Å². The van der Waals surface area contributed by atoms with Crippen LogP contribution in [0.3, 0.4) is 0 Å². The molecule has 1 N–H and O–H groups in total. The molecule has 0 aliphatic heterocycles. The standard InChI is InChI=1S/C16H20N2O2/c1-11(2)8-14-9-15(16(19)20)17-18(14)10-13-7-5-4-6-12(13)3/h4-7,9,11H,8,10H2,1-3H3,(H,19,20). The summed E-state index contributed by atoms with van der Waals surface area (Å²) in [6.07, 6.45) is 0.826. The van der Waals surface area contributed by atoms with Crippen molar-refractivity contribution in [1.29, 1.82) is 0 Å². The van der Waals surface area contributed by atoms with Crippen LogP contribution in [-0.4, -0.2) is 20.9 Å². The van der Waals surface area contributed by atoms with Gasteiger partial charge in [0.15, 0.2) is 5.69 Å². The Labute approximate surface area is 119 Å². The number of carbonyl (C=O) groups is 1. The smallest absolute Gasteiger partial charge is 0.356 e. The van der Waals surface area contributed by atoms with Crippen molar-refractivity contribution in [1.82, 2.24) is 9.78 Å². The third-order valence-corrected chi connectivity index (χ3v) is 3.28. The van der Waals surface area contributed by atoms with Gasteiger partial charge in [-0.15, -0.1) is 0 Å². The normalized spacial score (nSPS) is 11.0. The van der Waals surface area contributed by atoms with E-state index in [4.69, 9.17) is 5.11 Å². The molecule has 1 aromatic heterocycles. The third kappa shape index (κ3) is 3.26. The first-order valence-corrected chi connectivity index (χ1v) is 6.82. The number of aromatic nitrogens is 2. The molecular formula is C16H20N2O2. The number of aromatic carboxylic acids is 1. The van der Waals surface area contributed by atoms with Crippen LogP contribution >= 0.6 is 0 Å². The minimum Gasteiger partial charge on any atom is -0.476 e. The SMILES string of the molecule is Cc1ccccc1Cn1nc(C(=O)O)cc1CC(C)C. The summed E-state index contributed by atoms with van der Waals surface area (Å²) in [6, 6.07) is 9.78. The Morgan fingerprint density at radius 3 is 2.65 bits per heavy atom. The highest BCUT2D eigenvalue weighted by atomic mass is 16.4. The maximum Gasteiger partial charge on any atom is 0.356 e. The van der Waals surface area contributed by atoms with Crippen molar-refractivity contribution in [3.8, 4) is 0 Å². The van der Waals surface area contributed by atoms with Crippen LogP contribution in [0.2, 0.25) is 0 Å². The Hall–Kier alpha value is -2.10. The van der Waals surface area contributed by atoms with Crippen molar-refractivity contribution in [3.05, 3.63) is 52.8 Å². The molecular weight excluding hydrogens is 252 g/mol. The third-order valence-electron chi connectivity index (χ3n) is 3.28. The number of benzene rings is 1. The van der Waals surface area contributed by atoms with E-state index in [2.05, 4.69) is 38.0 Å². The number of carboxylic acids is 1. The molecule has 2 rings (SSSR count). The summed E-state index contributed by atoms with van der Waals surface area (Å²) in [7, 11) is 0. The van der Waals surface area contributed by atoms with E-state index in [1.54, 1.807) is 6.07 Å². The molecule has 0 atom stereocenters. The number of hydrogen-bond acceptors (Lipinski definition) is 2. The van der Waals surface area contributed by atoms with Gasteiger partial charge in [-0.1, -0.05) is 38.1 Å². The van der Waals surface area contributed by atoms with Gasteiger partial charge in [-0.2, -0.15) is 5.10 Å². The lowest BCUT2D eigenvalue weighted by Gasteiger charge is -2.11. The Morgan fingerprint density at radius 2 is 2.05 bits per heavy atom. The fourth-order valence-electron chi connectivity index (χ4n) is 2.23.